The van der Waals surface area contributed by atoms with Gasteiger partial charge in [-0.3, -0.25) is 9.18 Å². The number of methoxy groups -OCH3 is 1. The third-order valence-electron chi connectivity index (χ3n) is 4.51. The van der Waals surface area contributed by atoms with Crippen LogP contribution in [0.5, 0.6) is 23.1 Å². The number of rotatable bonds is 10. The van der Waals surface area contributed by atoms with Gasteiger partial charge in [0, 0.05) is 25.1 Å². The fourth-order valence-corrected chi connectivity index (χ4v) is 2.99. The van der Waals surface area contributed by atoms with E-state index < -0.39 is 6.67 Å². The molecule has 3 aromatic rings. The second kappa shape index (κ2) is 11.0. The maximum absolute atomic E-state index is 12.6. The molecule has 0 saturated carbocycles. The quantitative estimate of drug-likeness (QED) is 0.421. The van der Waals surface area contributed by atoms with Crippen LogP contribution >= 0.6 is 0 Å². The van der Waals surface area contributed by atoms with E-state index in [1.165, 1.54) is 6.92 Å². The Bertz CT molecular complexity index is 998. The molecule has 3 rings (SSSR count). The Balaban J connectivity index is 1.93. The lowest BCUT2D eigenvalue weighted by molar-refractivity contribution is -0.116. The zero-order valence-corrected chi connectivity index (χ0v) is 17.6. The zero-order valence-electron chi connectivity index (χ0n) is 17.6. The van der Waals surface area contributed by atoms with Gasteiger partial charge in [-0.25, -0.2) is 4.98 Å². The van der Waals surface area contributed by atoms with Crippen molar-refractivity contribution >= 4 is 11.6 Å². The summed E-state index contributed by atoms with van der Waals surface area (Å²) < 4.78 is 29.5. The van der Waals surface area contributed by atoms with Crippen molar-refractivity contribution < 1.29 is 23.4 Å². The average molecular weight is 423 g/mol. The van der Waals surface area contributed by atoms with E-state index in [9.17, 15) is 9.18 Å². The molecule has 1 aromatic heterocycles. The van der Waals surface area contributed by atoms with Crippen molar-refractivity contribution in [1.82, 2.24) is 4.98 Å². The number of pyridine rings is 1. The fourth-order valence-electron chi connectivity index (χ4n) is 2.99. The summed E-state index contributed by atoms with van der Waals surface area (Å²) in [6.07, 6.45) is 1.90. The molecule has 0 atom stereocenters. The van der Waals surface area contributed by atoms with Crippen LogP contribution in [-0.2, 0) is 11.3 Å². The average Bonchev–Trinajstić information content (AvgIpc) is 2.79. The van der Waals surface area contributed by atoms with E-state index in [1.54, 1.807) is 48.5 Å². The summed E-state index contributed by atoms with van der Waals surface area (Å²) in [4.78, 5) is 18.5. The van der Waals surface area contributed by atoms with Gasteiger partial charge in [-0.05, 0) is 42.5 Å². The van der Waals surface area contributed by atoms with Gasteiger partial charge < -0.3 is 19.1 Å². The molecule has 0 aliphatic carbocycles. The molecule has 0 aliphatic rings. The predicted octanol–water partition coefficient (Wildman–Crippen LogP) is 5.17. The largest absolute Gasteiger partial charge is 0.497 e. The number of anilines is 1. The highest BCUT2D eigenvalue weighted by Gasteiger charge is 2.20. The summed E-state index contributed by atoms with van der Waals surface area (Å²) >= 11 is 0. The van der Waals surface area contributed by atoms with Crippen molar-refractivity contribution in [2.24, 2.45) is 0 Å². The first-order valence-electron chi connectivity index (χ1n) is 9.94. The molecule has 0 N–H and O–H groups in total. The van der Waals surface area contributed by atoms with Gasteiger partial charge in [-0.1, -0.05) is 18.2 Å². The number of amides is 1. The standard InChI is InChI=1S/C24H25FN2O4/c1-18(28)27(17-19-16-21(29-2)11-12-23(19)30-15-7-13-25)22-10-6-14-26-24(22)31-20-8-4-3-5-9-20/h3-6,8-12,14,16H,7,13,15,17H2,1-2H3/i25-1. The van der Waals surface area contributed by atoms with Gasteiger partial charge in [0.1, 0.15) is 22.9 Å². The molecule has 1 amide bonds. The van der Waals surface area contributed by atoms with Gasteiger partial charge >= 0.3 is 0 Å². The molecular formula is C24H25FN2O4. The number of aromatic nitrogens is 1. The maximum Gasteiger partial charge on any atom is 0.243 e. The zero-order chi connectivity index (χ0) is 22.1. The number of halogens is 1. The molecule has 0 bridgehead atoms. The second-order valence-corrected chi connectivity index (χ2v) is 6.71. The topological polar surface area (TPSA) is 60.9 Å². The fraction of sp³-hybridized carbons (Fsp3) is 0.250. The molecule has 31 heavy (non-hydrogen) atoms. The highest BCUT2D eigenvalue weighted by molar-refractivity contribution is 5.92. The van der Waals surface area contributed by atoms with Crippen LogP contribution in [0, 0.1) is 0 Å². The van der Waals surface area contributed by atoms with Crippen LogP contribution in [0.3, 0.4) is 0 Å². The van der Waals surface area contributed by atoms with E-state index in [4.69, 9.17) is 14.2 Å². The van der Waals surface area contributed by atoms with Gasteiger partial charge in [0.2, 0.25) is 11.8 Å². The molecule has 7 heteroatoms. The van der Waals surface area contributed by atoms with Gasteiger partial charge in [0.15, 0.2) is 0 Å². The first-order chi connectivity index (χ1) is 15.1. The summed E-state index contributed by atoms with van der Waals surface area (Å²) in [5, 5.41) is 0. The summed E-state index contributed by atoms with van der Waals surface area (Å²) in [5.74, 6) is 1.93. The number of para-hydroxylation sites is 1. The van der Waals surface area contributed by atoms with E-state index >= 15 is 0 Å². The molecule has 0 saturated heterocycles. The Hall–Kier alpha value is -3.61. The number of carbonyl (C=O) groups excluding carboxylic acids is 1. The molecule has 0 radical (unpaired) electrons. The Morgan fingerprint density at radius 2 is 1.87 bits per heavy atom. The van der Waals surface area contributed by atoms with E-state index in [1.807, 2.05) is 30.3 Å². The third-order valence-corrected chi connectivity index (χ3v) is 4.51. The van der Waals surface area contributed by atoms with Crippen LogP contribution in [0.15, 0.2) is 66.9 Å². The minimum Gasteiger partial charge on any atom is -0.497 e. The van der Waals surface area contributed by atoms with E-state index in [-0.39, 0.29) is 19.1 Å². The summed E-state index contributed by atoms with van der Waals surface area (Å²) in [6.45, 7) is 1.46. The van der Waals surface area contributed by atoms with E-state index in [0.717, 1.165) is 5.56 Å². The predicted molar refractivity (Wildman–Crippen MR) is 117 cm³/mol. The lowest BCUT2D eigenvalue weighted by Crippen LogP contribution is -2.28. The monoisotopic (exact) mass is 423 g/mol. The van der Waals surface area contributed by atoms with Crippen molar-refractivity contribution in [2.75, 3.05) is 25.3 Å². The normalized spacial score (nSPS) is 10.4. The Kier molecular flexibility index (Phi) is 7.81. The van der Waals surface area contributed by atoms with Crippen LogP contribution in [-0.4, -0.2) is 31.3 Å². The highest BCUT2D eigenvalue weighted by atomic mass is 18.2. The lowest BCUT2D eigenvalue weighted by atomic mass is 10.1. The maximum atomic E-state index is 12.6. The summed E-state index contributed by atoms with van der Waals surface area (Å²) in [6, 6.07) is 18.1. The molecule has 0 spiro atoms. The summed E-state index contributed by atoms with van der Waals surface area (Å²) in [7, 11) is 1.57. The first-order valence-corrected chi connectivity index (χ1v) is 9.94. The van der Waals surface area contributed by atoms with Crippen LogP contribution in [0.25, 0.3) is 0 Å². The Morgan fingerprint density at radius 3 is 2.58 bits per heavy atom. The van der Waals surface area contributed by atoms with Gasteiger partial charge in [0.25, 0.3) is 0 Å². The number of alkyl halides is 1. The molecule has 0 unspecified atom stereocenters. The molecule has 162 valence electrons. The minimum absolute atomic E-state index is 0.191. The van der Waals surface area contributed by atoms with Crippen LogP contribution in [0.1, 0.15) is 18.9 Å². The number of ether oxygens (including phenoxy) is 3. The third kappa shape index (κ3) is 5.94. The summed E-state index contributed by atoms with van der Waals surface area (Å²) in [5.41, 5.74) is 1.25. The first kappa shape index (κ1) is 22.1. The molecule has 1 heterocycles. The van der Waals surface area contributed by atoms with Crippen molar-refractivity contribution in [3.05, 3.63) is 72.4 Å². The minimum atomic E-state index is -0.457. The molecule has 6 nitrogen and oxygen atoms in total. The van der Waals surface area contributed by atoms with Gasteiger partial charge in [-0.2, -0.15) is 0 Å². The molecular weight excluding hydrogens is 398 g/mol. The van der Waals surface area contributed by atoms with Gasteiger partial charge in [0.05, 0.1) is 26.9 Å². The SMILES string of the molecule is COc1ccc(OCCC[18F])c(CN(C(C)=O)c2cccnc2Oc2ccccc2)c1. The van der Waals surface area contributed by atoms with E-state index in [0.29, 0.717) is 35.2 Å². The van der Waals surface area contributed by atoms with Crippen molar-refractivity contribution in [3.63, 3.8) is 0 Å². The number of hydrogen-bond acceptors (Lipinski definition) is 5. The molecule has 0 aliphatic heterocycles. The van der Waals surface area contributed by atoms with Crippen LogP contribution in [0.4, 0.5) is 10.1 Å². The van der Waals surface area contributed by atoms with Crippen molar-refractivity contribution in [2.45, 2.75) is 19.9 Å². The highest BCUT2D eigenvalue weighted by Crippen LogP contribution is 2.33. The Labute approximate surface area is 181 Å². The molecule has 2 aromatic carbocycles. The van der Waals surface area contributed by atoms with Crippen molar-refractivity contribution in [1.29, 1.82) is 0 Å². The van der Waals surface area contributed by atoms with Crippen molar-refractivity contribution in [3.8, 4) is 23.1 Å². The second-order valence-electron chi connectivity index (χ2n) is 6.71. The van der Waals surface area contributed by atoms with Crippen LogP contribution < -0.4 is 19.1 Å². The number of benzene rings is 2. The number of nitrogens with zero attached hydrogens (tertiary/aromatic N) is 2. The van der Waals surface area contributed by atoms with Gasteiger partial charge in [-0.15, -0.1) is 0 Å². The smallest absolute Gasteiger partial charge is 0.243 e. The molecule has 0 fully saturated rings. The number of carbonyl (C=O) groups is 1. The lowest BCUT2D eigenvalue weighted by Gasteiger charge is -2.24. The van der Waals surface area contributed by atoms with Crippen LogP contribution in [0.2, 0.25) is 0 Å². The van der Waals surface area contributed by atoms with E-state index in [2.05, 4.69) is 4.98 Å². The number of hydrogen-bond donors (Lipinski definition) is 0. The Morgan fingerprint density at radius 1 is 1.06 bits per heavy atom.